The number of anilines is 1. The lowest BCUT2D eigenvalue weighted by Gasteiger charge is -2.32. The third kappa shape index (κ3) is 5.48. The molecule has 42 heavy (non-hydrogen) atoms. The van der Waals surface area contributed by atoms with E-state index in [2.05, 4.69) is 13.0 Å². The van der Waals surface area contributed by atoms with Crippen LogP contribution in [0.5, 0.6) is 0 Å². The number of amides is 2. The Balaban J connectivity index is 1.58. The van der Waals surface area contributed by atoms with Crippen molar-refractivity contribution in [3.05, 3.63) is 101 Å². The predicted molar refractivity (Wildman–Crippen MR) is 167 cm³/mol. The summed E-state index contributed by atoms with van der Waals surface area (Å²) in [6, 6.07) is 22.6. The van der Waals surface area contributed by atoms with Crippen LogP contribution in [0.25, 0.3) is 16.9 Å². The number of thioether (sulfide) groups is 1. The maximum Gasteiger partial charge on any atom is 0.242 e. The molecule has 1 fully saturated rings. The van der Waals surface area contributed by atoms with Crippen molar-refractivity contribution in [1.82, 2.24) is 14.7 Å². The lowest BCUT2D eigenvalue weighted by atomic mass is 9.99. The molecule has 0 radical (unpaired) electrons. The topological polar surface area (TPSA) is 58.4 Å². The minimum Gasteiger partial charge on any atom is -0.341 e. The second-order valence-electron chi connectivity index (χ2n) is 11.4. The van der Waals surface area contributed by atoms with Gasteiger partial charge in [0.2, 0.25) is 11.8 Å². The Kier molecular flexibility index (Phi) is 7.90. The number of carbonyl (C=O) groups excluding carboxylic acids is 2. The zero-order chi connectivity index (χ0) is 29.4. The first-order chi connectivity index (χ1) is 20.3. The first-order valence-electron chi connectivity index (χ1n) is 14.5. The number of likely N-dealkylation sites (tertiary alicyclic amines) is 1. The van der Waals surface area contributed by atoms with Crippen molar-refractivity contribution in [2.75, 3.05) is 30.3 Å². The van der Waals surface area contributed by atoms with Crippen LogP contribution in [-0.4, -0.2) is 51.9 Å². The van der Waals surface area contributed by atoms with Gasteiger partial charge in [0.25, 0.3) is 0 Å². The summed E-state index contributed by atoms with van der Waals surface area (Å²) in [5.41, 5.74) is 6.37. The molecule has 1 atom stereocenters. The molecule has 0 bridgehead atoms. The molecular weight excluding hydrogens is 547 g/mol. The van der Waals surface area contributed by atoms with Crippen LogP contribution in [0.4, 0.5) is 10.2 Å². The van der Waals surface area contributed by atoms with Gasteiger partial charge in [-0.05, 0) is 61.9 Å². The van der Waals surface area contributed by atoms with E-state index in [0.29, 0.717) is 24.8 Å². The van der Waals surface area contributed by atoms with Gasteiger partial charge in [-0.3, -0.25) is 14.5 Å². The highest BCUT2D eigenvalue weighted by Gasteiger charge is 2.38. The number of piperidine rings is 1. The maximum absolute atomic E-state index is 14.0. The molecular formula is C34H35FN4O2S. The van der Waals surface area contributed by atoms with Crippen LogP contribution in [-0.2, 0) is 9.59 Å². The van der Waals surface area contributed by atoms with Crippen LogP contribution >= 0.6 is 11.8 Å². The largest absolute Gasteiger partial charge is 0.341 e. The molecule has 2 amide bonds. The number of rotatable bonds is 5. The minimum atomic E-state index is -0.314. The predicted octanol–water partition coefficient (Wildman–Crippen LogP) is 6.72. The average molecular weight is 583 g/mol. The molecule has 3 heterocycles. The van der Waals surface area contributed by atoms with Crippen LogP contribution in [0.3, 0.4) is 0 Å². The first kappa shape index (κ1) is 28.2. The molecule has 2 aliphatic rings. The summed E-state index contributed by atoms with van der Waals surface area (Å²) in [4.78, 5) is 31.2. The van der Waals surface area contributed by atoms with Crippen LogP contribution < -0.4 is 4.90 Å². The molecule has 2 aliphatic heterocycles. The quantitative estimate of drug-likeness (QED) is 0.262. The van der Waals surface area contributed by atoms with Crippen molar-refractivity contribution in [1.29, 1.82) is 0 Å². The molecule has 4 aromatic rings. The smallest absolute Gasteiger partial charge is 0.242 e. The highest BCUT2D eigenvalue weighted by molar-refractivity contribution is 8.00. The molecule has 6 rings (SSSR count). The third-order valence-electron chi connectivity index (χ3n) is 8.32. The number of aryl methyl sites for hydroxylation is 2. The zero-order valence-corrected chi connectivity index (χ0v) is 25.0. The van der Waals surface area contributed by atoms with Gasteiger partial charge in [0.1, 0.15) is 18.2 Å². The van der Waals surface area contributed by atoms with E-state index in [1.807, 2.05) is 65.9 Å². The molecule has 0 spiro atoms. The fraction of sp³-hybridized carbons (Fsp3) is 0.324. The van der Waals surface area contributed by atoms with Crippen LogP contribution in [0.15, 0.2) is 72.8 Å². The summed E-state index contributed by atoms with van der Waals surface area (Å²) < 4.78 is 15.9. The summed E-state index contributed by atoms with van der Waals surface area (Å²) in [7, 11) is 0. The van der Waals surface area contributed by atoms with E-state index < -0.39 is 0 Å². The third-order valence-corrected chi connectivity index (χ3v) is 9.57. The highest BCUT2D eigenvalue weighted by atomic mass is 32.2. The molecule has 1 saturated heterocycles. The zero-order valence-electron chi connectivity index (χ0n) is 24.2. The van der Waals surface area contributed by atoms with E-state index >= 15 is 0 Å². The van der Waals surface area contributed by atoms with Crippen LogP contribution in [0, 0.1) is 25.6 Å². The second-order valence-corrected chi connectivity index (χ2v) is 12.5. The number of fused-ring (bicyclic) bond motifs is 1. The molecule has 0 saturated carbocycles. The Morgan fingerprint density at radius 1 is 1.00 bits per heavy atom. The number of halogens is 1. The number of nitrogens with zero attached hydrogens (tertiary/aromatic N) is 4. The number of aromatic nitrogens is 2. The van der Waals surface area contributed by atoms with Gasteiger partial charge >= 0.3 is 0 Å². The molecule has 3 aromatic carbocycles. The summed E-state index contributed by atoms with van der Waals surface area (Å²) in [6.07, 6.45) is 1.93. The van der Waals surface area contributed by atoms with Gasteiger partial charge in [-0.15, -0.1) is 11.8 Å². The Morgan fingerprint density at radius 2 is 1.71 bits per heavy atom. The standard InChI is InChI=1S/C34H35FN4O2S/c1-22-15-17-37(18-16-22)29(40)20-38-30(41)21-42-33(26-10-12-27(35)13-11-26)31-32(25-7-5-4-6-8-25)36-39(34(31)38)28-14-9-23(2)19-24(28)3/h4-14,19,22,33H,15-18,20-21H2,1-3H3/t33-/m0/s1. The Morgan fingerprint density at radius 3 is 2.40 bits per heavy atom. The fourth-order valence-corrected chi connectivity index (χ4v) is 7.13. The van der Waals surface area contributed by atoms with Crippen molar-refractivity contribution in [2.45, 2.75) is 38.9 Å². The lowest BCUT2D eigenvalue weighted by molar-refractivity contribution is -0.132. The van der Waals surface area contributed by atoms with Crippen LogP contribution in [0.1, 0.15) is 47.3 Å². The molecule has 216 valence electrons. The molecule has 0 unspecified atom stereocenters. The van der Waals surface area contributed by atoms with Gasteiger partial charge in [-0.2, -0.15) is 5.10 Å². The summed E-state index contributed by atoms with van der Waals surface area (Å²) in [6.45, 7) is 7.65. The fourth-order valence-electron chi connectivity index (χ4n) is 5.93. The molecule has 0 N–H and O–H groups in total. The summed E-state index contributed by atoms with van der Waals surface area (Å²) in [5, 5.41) is 4.89. The second kappa shape index (κ2) is 11.8. The molecule has 1 aromatic heterocycles. The van der Waals surface area contributed by atoms with Gasteiger partial charge < -0.3 is 4.90 Å². The molecule has 8 heteroatoms. The number of benzene rings is 3. The number of hydrogen-bond donors (Lipinski definition) is 0. The van der Waals surface area contributed by atoms with Gasteiger partial charge in [0.05, 0.1) is 22.4 Å². The van der Waals surface area contributed by atoms with Crippen molar-refractivity contribution in [3.8, 4) is 16.9 Å². The van der Waals surface area contributed by atoms with Crippen molar-refractivity contribution < 1.29 is 14.0 Å². The van der Waals surface area contributed by atoms with Crippen molar-refractivity contribution in [3.63, 3.8) is 0 Å². The SMILES string of the molecule is Cc1ccc(-n2nc(-c3ccccc3)c3c2N(CC(=O)N2CCC(C)CC2)C(=O)CS[C@H]3c2ccc(F)cc2)c(C)c1. The lowest BCUT2D eigenvalue weighted by Crippen LogP contribution is -2.46. The van der Waals surface area contributed by atoms with E-state index in [1.54, 1.807) is 17.0 Å². The summed E-state index contributed by atoms with van der Waals surface area (Å²) >= 11 is 1.49. The normalized spacial score (nSPS) is 17.7. The van der Waals surface area contributed by atoms with E-state index in [4.69, 9.17) is 5.10 Å². The van der Waals surface area contributed by atoms with Gasteiger partial charge in [-0.1, -0.05) is 67.1 Å². The van der Waals surface area contributed by atoms with E-state index in [-0.39, 0.29) is 35.2 Å². The van der Waals surface area contributed by atoms with E-state index in [9.17, 15) is 14.0 Å². The number of hydrogen-bond acceptors (Lipinski definition) is 4. The van der Waals surface area contributed by atoms with E-state index in [1.165, 1.54) is 23.9 Å². The van der Waals surface area contributed by atoms with Crippen molar-refractivity contribution in [2.24, 2.45) is 5.92 Å². The minimum absolute atomic E-state index is 0.0538. The number of carbonyl (C=O) groups is 2. The maximum atomic E-state index is 14.0. The molecule has 0 aliphatic carbocycles. The van der Waals surface area contributed by atoms with Gasteiger partial charge in [0.15, 0.2) is 0 Å². The Labute approximate surface area is 250 Å². The monoisotopic (exact) mass is 582 g/mol. The van der Waals surface area contributed by atoms with Gasteiger partial charge in [-0.25, -0.2) is 9.07 Å². The van der Waals surface area contributed by atoms with Crippen molar-refractivity contribution >= 4 is 29.4 Å². The first-order valence-corrected chi connectivity index (χ1v) is 15.6. The Bertz CT molecular complexity index is 1610. The summed E-state index contributed by atoms with van der Waals surface area (Å²) in [5.74, 6) is 0.862. The highest BCUT2D eigenvalue weighted by Crippen LogP contribution is 2.48. The Hall–Kier alpha value is -3.91. The van der Waals surface area contributed by atoms with Gasteiger partial charge in [0, 0.05) is 24.2 Å². The molecule has 6 nitrogen and oxygen atoms in total. The van der Waals surface area contributed by atoms with E-state index in [0.717, 1.165) is 52.0 Å². The van der Waals surface area contributed by atoms with Crippen LogP contribution in [0.2, 0.25) is 0 Å². The average Bonchev–Trinajstić information content (AvgIpc) is 3.30.